The summed E-state index contributed by atoms with van der Waals surface area (Å²) in [6, 6.07) is 0.406. The third-order valence-electron chi connectivity index (χ3n) is 3.44. The smallest absolute Gasteiger partial charge is 0.221 e. The van der Waals surface area contributed by atoms with Gasteiger partial charge in [-0.1, -0.05) is 26.7 Å². The highest BCUT2D eigenvalue weighted by Gasteiger charge is 2.16. The Bertz CT molecular complexity index is 364. The molecule has 0 bridgehead atoms. The van der Waals surface area contributed by atoms with E-state index in [0.717, 1.165) is 11.4 Å². The third-order valence-corrected chi connectivity index (χ3v) is 3.44. The summed E-state index contributed by atoms with van der Waals surface area (Å²) in [5.74, 6) is 2.22. The quantitative estimate of drug-likeness (QED) is 0.806. The zero-order valence-electron chi connectivity index (χ0n) is 12.2. The van der Waals surface area contributed by atoms with Gasteiger partial charge in [0.05, 0.1) is 12.2 Å². The number of rotatable bonds is 7. The van der Waals surface area contributed by atoms with Crippen molar-refractivity contribution in [3.8, 4) is 5.88 Å². The average molecular weight is 251 g/mol. The number of hydrogen-bond donors (Lipinski definition) is 1. The zero-order chi connectivity index (χ0) is 13.5. The summed E-state index contributed by atoms with van der Waals surface area (Å²) in [5.41, 5.74) is 0.983. The lowest BCUT2D eigenvalue weighted by Gasteiger charge is -2.24. The number of nitrogens with zero attached hydrogens (tertiary/aromatic N) is 2. The van der Waals surface area contributed by atoms with Crippen LogP contribution in [-0.2, 0) is 0 Å². The maximum atomic E-state index is 5.48. The molecule has 1 aromatic heterocycles. The lowest BCUT2D eigenvalue weighted by Crippen LogP contribution is -2.26. The first kappa shape index (κ1) is 14.7. The van der Waals surface area contributed by atoms with E-state index in [1.165, 1.54) is 12.8 Å². The van der Waals surface area contributed by atoms with Crippen LogP contribution in [0.5, 0.6) is 5.88 Å². The van der Waals surface area contributed by atoms with Crippen molar-refractivity contribution in [2.24, 2.45) is 5.92 Å². The summed E-state index contributed by atoms with van der Waals surface area (Å²) < 4.78 is 5.48. The Morgan fingerprint density at radius 3 is 2.44 bits per heavy atom. The van der Waals surface area contributed by atoms with E-state index in [1.807, 2.05) is 13.8 Å². The Kier molecular flexibility index (Phi) is 5.89. The maximum Gasteiger partial charge on any atom is 0.221 e. The van der Waals surface area contributed by atoms with Crippen molar-refractivity contribution in [2.45, 2.75) is 53.5 Å². The molecule has 0 amide bonds. The van der Waals surface area contributed by atoms with Crippen LogP contribution in [0, 0.1) is 12.8 Å². The van der Waals surface area contributed by atoms with Gasteiger partial charge in [-0.25, -0.2) is 9.97 Å². The van der Waals surface area contributed by atoms with Crippen LogP contribution >= 0.6 is 0 Å². The van der Waals surface area contributed by atoms with Crippen molar-refractivity contribution in [2.75, 3.05) is 11.9 Å². The van der Waals surface area contributed by atoms with Crippen molar-refractivity contribution < 1.29 is 4.74 Å². The van der Waals surface area contributed by atoms with Crippen LogP contribution in [0.2, 0.25) is 0 Å². The van der Waals surface area contributed by atoms with Crippen LogP contribution in [0.25, 0.3) is 0 Å². The van der Waals surface area contributed by atoms with Crippen LogP contribution < -0.4 is 10.1 Å². The molecule has 1 unspecified atom stereocenters. The molecular weight excluding hydrogens is 226 g/mol. The molecule has 0 aliphatic carbocycles. The van der Waals surface area contributed by atoms with Crippen molar-refractivity contribution in [1.29, 1.82) is 0 Å². The van der Waals surface area contributed by atoms with Gasteiger partial charge >= 0.3 is 0 Å². The predicted molar refractivity (Wildman–Crippen MR) is 75.1 cm³/mol. The fourth-order valence-corrected chi connectivity index (χ4v) is 2.19. The fourth-order valence-electron chi connectivity index (χ4n) is 2.19. The number of aromatic nitrogens is 2. The molecule has 4 heteroatoms. The second-order valence-corrected chi connectivity index (χ2v) is 4.60. The Morgan fingerprint density at radius 2 is 1.89 bits per heavy atom. The highest BCUT2D eigenvalue weighted by Crippen LogP contribution is 2.23. The summed E-state index contributed by atoms with van der Waals surface area (Å²) in [7, 11) is 0. The molecule has 1 N–H and O–H groups in total. The highest BCUT2D eigenvalue weighted by molar-refractivity contribution is 5.48. The predicted octanol–water partition coefficient (Wildman–Crippen LogP) is 3.42. The van der Waals surface area contributed by atoms with Crippen molar-refractivity contribution >= 4 is 5.82 Å². The largest absolute Gasteiger partial charge is 0.478 e. The van der Waals surface area contributed by atoms with Crippen LogP contribution in [0.1, 0.15) is 46.1 Å². The van der Waals surface area contributed by atoms with Crippen LogP contribution in [0.15, 0.2) is 6.33 Å². The molecule has 1 rings (SSSR count). The van der Waals surface area contributed by atoms with E-state index >= 15 is 0 Å². The molecule has 0 radical (unpaired) electrons. The van der Waals surface area contributed by atoms with E-state index < -0.39 is 0 Å². The van der Waals surface area contributed by atoms with Crippen LogP contribution in [0.3, 0.4) is 0 Å². The molecule has 1 atom stereocenters. The number of ether oxygens (including phenoxy) is 1. The number of nitrogens with one attached hydrogen (secondary N) is 1. The molecule has 1 heterocycles. The van der Waals surface area contributed by atoms with Gasteiger partial charge in [-0.15, -0.1) is 0 Å². The van der Waals surface area contributed by atoms with E-state index in [0.29, 0.717) is 24.4 Å². The summed E-state index contributed by atoms with van der Waals surface area (Å²) in [4.78, 5) is 8.46. The van der Waals surface area contributed by atoms with Gasteiger partial charge in [-0.2, -0.15) is 0 Å². The summed E-state index contributed by atoms with van der Waals surface area (Å²) >= 11 is 0. The first-order chi connectivity index (χ1) is 8.63. The number of hydrogen-bond acceptors (Lipinski definition) is 4. The third kappa shape index (κ3) is 3.59. The second-order valence-electron chi connectivity index (χ2n) is 4.60. The molecule has 1 aromatic rings. The monoisotopic (exact) mass is 251 g/mol. The molecule has 0 fully saturated rings. The molecule has 0 saturated carbocycles. The topological polar surface area (TPSA) is 47.0 Å². The maximum absolute atomic E-state index is 5.48. The minimum atomic E-state index is 0.406. The van der Waals surface area contributed by atoms with Gasteiger partial charge in [-0.05, 0) is 26.7 Å². The normalized spacial score (nSPS) is 12.6. The first-order valence-electron chi connectivity index (χ1n) is 6.84. The Morgan fingerprint density at radius 1 is 1.22 bits per heavy atom. The molecule has 102 valence electrons. The first-order valence-corrected chi connectivity index (χ1v) is 6.84. The standard InChI is InChI=1S/C14H25N3O/c1-6-12(7-2)11(5)17-13-10(4)14(18-8-3)16-9-15-13/h9,11-12H,6-8H2,1-5H3,(H,15,16,17). The van der Waals surface area contributed by atoms with Crippen molar-refractivity contribution in [1.82, 2.24) is 9.97 Å². The number of anilines is 1. The highest BCUT2D eigenvalue weighted by atomic mass is 16.5. The van der Waals surface area contributed by atoms with Gasteiger partial charge in [0.15, 0.2) is 0 Å². The van der Waals surface area contributed by atoms with Gasteiger partial charge in [0, 0.05) is 6.04 Å². The lowest BCUT2D eigenvalue weighted by atomic mass is 9.95. The molecule has 0 aliphatic rings. The van der Waals surface area contributed by atoms with Gasteiger partial charge < -0.3 is 10.1 Å². The minimum absolute atomic E-state index is 0.406. The van der Waals surface area contributed by atoms with Crippen molar-refractivity contribution in [3.05, 3.63) is 11.9 Å². The van der Waals surface area contributed by atoms with Crippen LogP contribution in [0.4, 0.5) is 5.82 Å². The van der Waals surface area contributed by atoms with Gasteiger partial charge in [0.2, 0.25) is 5.88 Å². The van der Waals surface area contributed by atoms with E-state index in [1.54, 1.807) is 6.33 Å². The molecule has 0 spiro atoms. The van der Waals surface area contributed by atoms with Crippen LogP contribution in [-0.4, -0.2) is 22.6 Å². The second kappa shape index (κ2) is 7.19. The fraction of sp³-hybridized carbons (Fsp3) is 0.714. The minimum Gasteiger partial charge on any atom is -0.478 e. The molecule has 0 saturated heterocycles. The van der Waals surface area contributed by atoms with E-state index in [9.17, 15) is 0 Å². The average Bonchev–Trinajstić information content (AvgIpc) is 2.36. The van der Waals surface area contributed by atoms with E-state index in [4.69, 9.17) is 4.74 Å². The summed E-state index contributed by atoms with van der Waals surface area (Å²) in [6.07, 6.45) is 3.90. The van der Waals surface area contributed by atoms with Gasteiger partial charge in [0.25, 0.3) is 0 Å². The summed E-state index contributed by atoms with van der Waals surface area (Å²) in [6.45, 7) is 11.2. The SMILES string of the molecule is CCOc1ncnc(NC(C)C(CC)CC)c1C. The molecule has 0 aliphatic heterocycles. The van der Waals surface area contributed by atoms with E-state index in [-0.39, 0.29) is 0 Å². The molecule has 0 aromatic carbocycles. The molecule has 18 heavy (non-hydrogen) atoms. The Hall–Kier alpha value is -1.32. The Balaban J connectivity index is 2.81. The zero-order valence-corrected chi connectivity index (χ0v) is 12.2. The Labute approximate surface area is 110 Å². The molecule has 4 nitrogen and oxygen atoms in total. The van der Waals surface area contributed by atoms with Crippen molar-refractivity contribution in [3.63, 3.8) is 0 Å². The van der Waals surface area contributed by atoms with Gasteiger partial charge in [0.1, 0.15) is 12.1 Å². The van der Waals surface area contributed by atoms with E-state index in [2.05, 4.69) is 36.1 Å². The lowest BCUT2D eigenvalue weighted by molar-refractivity contribution is 0.323. The molecular formula is C14H25N3O. The summed E-state index contributed by atoms with van der Waals surface area (Å²) in [5, 5.41) is 3.48. The van der Waals surface area contributed by atoms with Gasteiger partial charge in [-0.3, -0.25) is 0 Å².